The Morgan fingerprint density at radius 2 is 0.623 bits per heavy atom. The van der Waals surface area contributed by atoms with Crippen LogP contribution in [0.5, 0.6) is 0 Å². The Hall–Kier alpha value is 0.420. The van der Waals surface area contributed by atoms with E-state index in [0.717, 1.165) is 44.9 Å². The molecule has 3 N–H and O–H groups in total. The second-order valence-corrected chi connectivity index (χ2v) is 26.3. The third-order valence-electron chi connectivity index (χ3n) is 10.1. The zero-order valence-corrected chi connectivity index (χ0v) is 50.0. The number of unbranched alkanes of at least 4 members (excludes halogenated alkanes) is 8. The van der Waals surface area contributed by atoms with Crippen LogP contribution >= 0.6 is 46.9 Å². The molecule has 36 heteroatoms. The third-order valence-corrected chi connectivity index (χ3v) is 16.6. The summed E-state index contributed by atoms with van der Waals surface area (Å²) in [5.41, 5.74) is 0. The van der Waals surface area contributed by atoms with E-state index in [2.05, 4.69) is 22.6 Å². The average molecular weight is 1240 g/mol. The van der Waals surface area contributed by atoms with Gasteiger partial charge in [0.1, 0.15) is 18.3 Å². The van der Waals surface area contributed by atoms with E-state index in [1.54, 1.807) is 27.7 Å². The van der Waals surface area contributed by atoms with Crippen LogP contribution in [0.15, 0.2) is 0 Å². The minimum Gasteiger partial charge on any atom is -0.756 e. The van der Waals surface area contributed by atoms with Crippen molar-refractivity contribution in [3.05, 3.63) is 0 Å². The number of hydrogen-bond acceptors (Lipinski definition) is 30. The molecule has 3 aliphatic heterocycles. The van der Waals surface area contributed by atoms with Crippen LogP contribution in [0.2, 0.25) is 0 Å². The summed E-state index contributed by atoms with van der Waals surface area (Å²) in [6.45, 7) is 8.54. The third kappa shape index (κ3) is 38.8. The van der Waals surface area contributed by atoms with E-state index in [1.807, 2.05) is 0 Å². The van der Waals surface area contributed by atoms with E-state index in [1.165, 1.54) is 13.8 Å². The van der Waals surface area contributed by atoms with Crippen molar-refractivity contribution < 1.29 is 141 Å². The minimum atomic E-state index is -4.57. The van der Waals surface area contributed by atoms with Crippen molar-refractivity contribution in [1.29, 1.82) is 0 Å². The lowest BCUT2D eigenvalue weighted by atomic mass is 10.1. The summed E-state index contributed by atoms with van der Waals surface area (Å²) in [6.07, 6.45) is 1.75. The molecule has 3 saturated heterocycles. The average Bonchev–Trinajstić information content (AvgIpc) is 4.06. The molecule has 3 rings (SSSR count). The Morgan fingerprint density at radius 3 is 0.883 bits per heavy atom. The van der Waals surface area contributed by atoms with E-state index in [-0.39, 0.29) is 85.1 Å². The maximum atomic E-state index is 12.0. The van der Waals surface area contributed by atoms with Crippen molar-refractivity contribution in [3.8, 4) is 0 Å². The largest absolute Gasteiger partial charge is 0.756 e. The summed E-state index contributed by atoms with van der Waals surface area (Å²) >= 11 is 0. The predicted molar refractivity (Wildman–Crippen MR) is 260 cm³/mol. The van der Waals surface area contributed by atoms with Gasteiger partial charge in [0.25, 0.3) is 46.9 Å². The molecule has 0 aromatic carbocycles. The molecular formula is C41H82O30P6-6. The summed E-state index contributed by atoms with van der Waals surface area (Å²) in [7, 11) is -27.1. The van der Waals surface area contributed by atoms with Crippen LogP contribution in [0.4, 0.5) is 0 Å². The predicted octanol–water partition coefficient (Wildman–Crippen LogP) is 2.93. The molecule has 12 atom stereocenters. The first-order valence-corrected chi connectivity index (χ1v) is 34.2. The lowest BCUT2D eigenvalue weighted by molar-refractivity contribution is -0.237. The number of rotatable bonds is 41. The fourth-order valence-electron chi connectivity index (χ4n) is 6.75. The van der Waals surface area contributed by atoms with Crippen molar-refractivity contribution in [1.82, 2.24) is 0 Å². The first-order chi connectivity index (χ1) is 36.0. The van der Waals surface area contributed by atoms with Gasteiger partial charge in [-0.15, -0.1) is 0 Å². The SMILES string of the molecule is CC(C)OP(=O)([O-])OC[C@H]1OCC[C@@H]1OP(=O)([O-])OCCCCCCCCO.CC(C)OP(=O)([O-])OC[C@H]1OCC[C@@H]1OP(=O)([O-])OCCCCCCO.CC(C)OP(=O)([O-])OC[C@H]1OCC[C@@H]1OP(=O)([O-])OCCCO. The molecule has 0 aliphatic carbocycles. The standard InChI is InChI=1S/C16H34O10P2.C14H30O10P2.C11H24O10P2/c1-14(2)25-28(20,21)24-13-16-15(9-12-22-16)26-27(18,19)23-11-8-6-4-3-5-7-10-17;1-12(2)23-26(18,19)22-11-14-13(7-10-20-14)24-25(16,17)21-9-6-4-3-5-8-15;1-9(2)20-23(15,16)19-8-11-10(4-7-17-11)21-22(13,14)18-6-3-5-12/h14-17H,3-13H2,1-2H3,(H,18,19)(H,20,21);12-15H,3-11H2,1-2H3,(H,16,17)(H,18,19);9-12H,3-8H2,1-2H3,(H,13,14)(H,15,16)/p-6/t15-,16+;13-,14+;10-,11+/m000/s1. The van der Waals surface area contributed by atoms with Gasteiger partial charge >= 0.3 is 0 Å². The topological polar surface area (TPSA) is 440 Å². The van der Waals surface area contributed by atoms with Gasteiger partial charge in [0.2, 0.25) is 0 Å². The lowest BCUT2D eigenvalue weighted by Crippen LogP contribution is -2.31. The van der Waals surface area contributed by atoms with Gasteiger partial charge < -0.3 is 113 Å². The van der Waals surface area contributed by atoms with Crippen LogP contribution in [0, 0.1) is 0 Å². The van der Waals surface area contributed by atoms with Crippen LogP contribution in [0.3, 0.4) is 0 Å². The molecule has 0 saturated carbocycles. The Morgan fingerprint density at radius 1 is 0.377 bits per heavy atom. The van der Waals surface area contributed by atoms with E-state index in [4.69, 9.17) is 61.2 Å². The summed E-state index contributed by atoms with van der Waals surface area (Å²) in [4.78, 5) is 70.1. The number of hydrogen-bond donors (Lipinski definition) is 3. The highest BCUT2D eigenvalue weighted by atomic mass is 31.2. The Kier molecular flexibility index (Phi) is 39.1. The maximum Gasteiger partial charge on any atom is 0.268 e. The molecule has 0 spiro atoms. The van der Waals surface area contributed by atoms with Crippen LogP contribution < -0.4 is 29.4 Å². The maximum absolute atomic E-state index is 12.0. The molecule has 462 valence electrons. The quantitative estimate of drug-likeness (QED) is 0.0585. The van der Waals surface area contributed by atoms with Crippen molar-refractivity contribution in [2.24, 2.45) is 0 Å². The zero-order chi connectivity index (χ0) is 58.2. The lowest BCUT2D eigenvalue weighted by Gasteiger charge is -2.30. The van der Waals surface area contributed by atoms with E-state index in [9.17, 15) is 56.8 Å². The first-order valence-electron chi connectivity index (χ1n) is 25.5. The molecule has 77 heavy (non-hydrogen) atoms. The van der Waals surface area contributed by atoms with Gasteiger partial charge in [-0.3, -0.25) is 27.4 Å². The summed E-state index contributed by atoms with van der Waals surface area (Å²) in [5, 5.41) is 25.9. The van der Waals surface area contributed by atoms with E-state index < -0.39 is 122 Å². The Labute approximate surface area is 451 Å². The normalized spacial score (nSPS) is 25.5. The number of phosphoric acid groups is 6. The van der Waals surface area contributed by atoms with Gasteiger partial charge in [-0.1, -0.05) is 38.5 Å². The number of aliphatic hydroxyl groups is 3. The van der Waals surface area contributed by atoms with Crippen molar-refractivity contribution in [2.45, 2.75) is 186 Å². The fourth-order valence-corrected chi connectivity index (χ4v) is 12.4. The summed E-state index contributed by atoms with van der Waals surface area (Å²) < 4.78 is 143. The second kappa shape index (κ2) is 39.9. The molecule has 30 nitrogen and oxygen atoms in total. The van der Waals surface area contributed by atoms with E-state index in [0.29, 0.717) is 19.3 Å². The monoisotopic (exact) mass is 1240 g/mol. The molecular weight excluding hydrogens is 1160 g/mol. The molecule has 0 bridgehead atoms. The molecule has 0 aromatic rings. The molecule has 3 fully saturated rings. The molecule has 0 amide bonds. The second-order valence-electron chi connectivity index (χ2n) is 18.1. The molecule has 6 unspecified atom stereocenters. The van der Waals surface area contributed by atoms with Crippen LogP contribution in [0.25, 0.3) is 0 Å². The highest BCUT2D eigenvalue weighted by Crippen LogP contribution is 2.47. The highest BCUT2D eigenvalue weighted by molar-refractivity contribution is 7.47. The summed E-state index contributed by atoms with van der Waals surface area (Å²) in [6, 6.07) is 0. The van der Waals surface area contributed by atoms with Gasteiger partial charge in [-0.25, -0.2) is 0 Å². The smallest absolute Gasteiger partial charge is 0.268 e. The first kappa shape index (κ1) is 75.4. The number of aliphatic hydroxyl groups excluding tert-OH is 3. The Bertz CT molecular complexity index is 1850. The van der Waals surface area contributed by atoms with Crippen molar-refractivity contribution in [3.63, 3.8) is 0 Å². The zero-order valence-electron chi connectivity index (χ0n) is 44.6. The van der Waals surface area contributed by atoms with Crippen LogP contribution in [-0.2, 0) is 95.9 Å². The molecule has 0 radical (unpaired) electrons. The van der Waals surface area contributed by atoms with Gasteiger partial charge in [-0.2, -0.15) is 0 Å². The van der Waals surface area contributed by atoms with Crippen molar-refractivity contribution in [2.75, 3.05) is 79.3 Å². The van der Waals surface area contributed by atoms with E-state index >= 15 is 0 Å². The molecule has 3 aliphatic rings. The summed E-state index contributed by atoms with van der Waals surface area (Å²) in [5.74, 6) is 0. The van der Waals surface area contributed by atoms with Crippen LogP contribution in [-0.4, -0.2) is 150 Å². The minimum absolute atomic E-state index is 0.0149. The Balaban J connectivity index is 0.000000580. The van der Waals surface area contributed by atoms with Gasteiger partial charge in [0, 0.05) is 58.9 Å². The van der Waals surface area contributed by atoms with Gasteiger partial charge in [0.15, 0.2) is 0 Å². The fraction of sp³-hybridized carbons (Fsp3) is 1.00. The van der Waals surface area contributed by atoms with Crippen LogP contribution in [0.1, 0.15) is 131 Å². The molecule has 0 aromatic heterocycles. The number of ether oxygens (including phenoxy) is 3. The van der Waals surface area contributed by atoms with Gasteiger partial charge in [-0.05, 0) is 73.6 Å². The highest BCUT2D eigenvalue weighted by Gasteiger charge is 2.36. The van der Waals surface area contributed by atoms with Gasteiger partial charge in [0.05, 0.1) is 76.3 Å². The van der Waals surface area contributed by atoms with Crippen molar-refractivity contribution >= 4 is 46.9 Å². The molecule has 3 heterocycles. The number of phosphoric ester groups is 6.